The van der Waals surface area contributed by atoms with Crippen LogP contribution in [-0.2, 0) is 11.8 Å². The molecule has 1 saturated heterocycles. The molecule has 6 heteroatoms. The average Bonchev–Trinajstić information content (AvgIpc) is 2.70. The van der Waals surface area contributed by atoms with Crippen molar-refractivity contribution < 1.29 is 4.79 Å². The Morgan fingerprint density at radius 3 is 2.50 bits per heavy atom. The Hall–Kier alpha value is -1.43. The highest BCUT2D eigenvalue weighted by molar-refractivity contribution is 5.78. The molecule has 1 amide bonds. The van der Waals surface area contributed by atoms with Crippen LogP contribution >= 0.6 is 0 Å². The summed E-state index contributed by atoms with van der Waals surface area (Å²) in [5.74, 6) is 1.41. The smallest absolute Gasteiger partial charge is 0.234 e. The van der Waals surface area contributed by atoms with E-state index < -0.39 is 0 Å². The van der Waals surface area contributed by atoms with Gasteiger partial charge in [0.05, 0.1) is 12.6 Å². The van der Waals surface area contributed by atoms with Crippen molar-refractivity contribution in [1.82, 2.24) is 25.0 Å². The lowest BCUT2D eigenvalue weighted by atomic mass is 10.0. The predicted molar refractivity (Wildman–Crippen MR) is 86.2 cm³/mol. The van der Waals surface area contributed by atoms with Gasteiger partial charge in [-0.3, -0.25) is 14.4 Å². The number of carbonyl (C=O) groups is 1. The topological polar surface area (TPSA) is 63.1 Å². The number of hydrogen-bond acceptors (Lipinski definition) is 4. The van der Waals surface area contributed by atoms with Crippen LogP contribution in [0.2, 0.25) is 0 Å². The van der Waals surface area contributed by atoms with Crippen molar-refractivity contribution in [3.05, 3.63) is 12.2 Å². The zero-order valence-corrected chi connectivity index (χ0v) is 14.1. The van der Waals surface area contributed by atoms with Crippen molar-refractivity contribution in [2.75, 3.05) is 19.6 Å². The van der Waals surface area contributed by atoms with Crippen molar-refractivity contribution in [3.8, 4) is 0 Å². The minimum absolute atomic E-state index is 0.0630. The normalized spacial score (nSPS) is 18.2. The fraction of sp³-hybridized carbons (Fsp3) is 0.812. The molecule has 1 unspecified atom stereocenters. The molecule has 1 N–H and O–H groups in total. The molecule has 2 heterocycles. The van der Waals surface area contributed by atoms with E-state index >= 15 is 0 Å². The summed E-state index contributed by atoms with van der Waals surface area (Å²) in [6.07, 6.45) is 7.39. The molecule has 0 saturated carbocycles. The summed E-state index contributed by atoms with van der Waals surface area (Å²) in [6, 6.07) is -0.0630. The molecule has 6 nitrogen and oxygen atoms in total. The largest absolute Gasteiger partial charge is 0.345 e. The Bertz CT molecular complexity index is 463. The van der Waals surface area contributed by atoms with Gasteiger partial charge in [0.15, 0.2) is 0 Å². The maximum atomic E-state index is 12.4. The van der Waals surface area contributed by atoms with E-state index in [2.05, 4.69) is 34.1 Å². The Kier molecular flexibility index (Phi) is 6.36. The SMILES string of the molecule is CC(C)CC(NC(=O)CN1CCCCCC1)c1ncnn1C. The number of aryl methyl sites for hydroxylation is 1. The van der Waals surface area contributed by atoms with Crippen LogP contribution in [0.25, 0.3) is 0 Å². The lowest BCUT2D eigenvalue weighted by Crippen LogP contribution is -2.40. The van der Waals surface area contributed by atoms with E-state index in [1.54, 1.807) is 11.0 Å². The molecule has 1 fully saturated rings. The molecule has 1 atom stereocenters. The average molecular weight is 307 g/mol. The molecule has 1 aromatic rings. The summed E-state index contributed by atoms with van der Waals surface area (Å²) < 4.78 is 1.75. The van der Waals surface area contributed by atoms with E-state index in [-0.39, 0.29) is 11.9 Å². The summed E-state index contributed by atoms with van der Waals surface area (Å²) in [7, 11) is 1.87. The molecule has 0 aliphatic carbocycles. The van der Waals surface area contributed by atoms with E-state index in [0.29, 0.717) is 12.5 Å². The Labute approximate surface area is 133 Å². The molecule has 0 spiro atoms. The van der Waals surface area contributed by atoms with Gasteiger partial charge in [0.2, 0.25) is 5.91 Å². The van der Waals surface area contributed by atoms with Crippen LogP contribution in [0.3, 0.4) is 0 Å². The van der Waals surface area contributed by atoms with Gasteiger partial charge in [0.1, 0.15) is 12.2 Å². The molecule has 1 aliphatic rings. The molecule has 0 radical (unpaired) electrons. The molecule has 1 aliphatic heterocycles. The minimum Gasteiger partial charge on any atom is -0.345 e. The molecular weight excluding hydrogens is 278 g/mol. The molecule has 0 aromatic carbocycles. The van der Waals surface area contributed by atoms with Crippen molar-refractivity contribution in [3.63, 3.8) is 0 Å². The first-order valence-electron chi connectivity index (χ1n) is 8.42. The summed E-state index contributed by atoms with van der Waals surface area (Å²) in [5, 5.41) is 7.28. The third kappa shape index (κ3) is 5.09. The number of nitrogens with one attached hydrogen (secondary N) is 1. The molecular formula is C16H29N5O. The van der Waals surface area contributed by atoms with E-state index in [1.807, 2.05) is 7.05 Å². The maximum Gasteiger partial charge on any atom is 0.234 e. The Morgan fingerprint density at radius 2 is 1.95 bits per heavy atom. The molecule has 1 aromatic heterocycles. The maximum absolute atomic E-state index is 12.4. The second-order valence-corrected chi connectivity index (χ2v) is 6.68. The van der Waals surface area contributed by atoms with E-state index in [0.717, 1.165) is 25.3 Å². The van der Waals surface area contributed by atoms with Crippen LogP contribution in [0.4, 0.5) is 0 Å². The van der Waals surface area contributed by atoms with Gasteiger partial charge in [-0.2, -0.15) is 5.10 Å². The van der Waals surface area contributed by atoms with Gasteiger partial charge in [0, 0.05) is 7.05 Å². The zero-order valence-electron chi connectivity index (χ0n) is 14.1. The third-order valence-corrected chi connectivity index (χ3v) is 4.17. The monoisotopic (exact) mass is 307 g/mol. The van der Waals surface area contributed by atoms with Crippen LogP contribution in [0, 0.1) is 5.92 Å². The lowest BCUT2D eigenvalue weighted by Gasteiger charge is -2.23. The zero-order chi connectivity index (χ0) is 15.9. The highest BCUT2D eigenvalue weighted by Crippen LogP contribution is 2.19. The summed E-state index contributed by atoms with van der Waals surface area (Å²) in [4.78, 5) is 19.0. The van der Waals surface area contributed by atoms with Crippen molar-refractivity contribution >= 4 is 5.91 Å². The van der Waals surface area contributed by atoms with Gasteiger partial charge in [-0.15, -0.1) is 0 Å². The van der Waals surface area contributed by atoms with Crippen LogP contribution in [0.15, 0.2) is 6.33 Å². The van der Waals surface area contributed by atoms with Gasteiger partial charge in [-0.25, -0.2) is 4.98 Å². The van der Waals surface area contributed by atoms with E-state index in [9.17, 15) is 4.79 Å². The fourth-order valence-electron chi connectivity index (χ4n) is 3.06. The summed E-state index contributed by atoms with van der Waals surface area (Å²) >= 11 is 0. The van der Waals surface area contributed by atoms with Gasteiger partial charge in [0.25, 0.3) is 0 Å². The van der Waals surface area contributed by atoms with Crippen LogP contribution in [0.5, 0.6) is 0 Å². The molecule has 2 rings (SSSR count). The van der Waals surface area contributed by atoms with Crippen LogP contribution < -0.4 is 5.32 Å². The first-order valence-corrected chi connectivity index (χ1v) is 8.42. The number of likely N-dealkylation sites (tertiary alicyclic amines) is 1. The quantitative estimate of drug-likeness (QED) is 0.872. The minimum atomic E-state index is -0.0630. The molecule has 0 bridgehead atoms. The van der Waals surface area contributed by atoms with Gasteiger partial charge in [-0.1, -0.05) is 26.7 Å². The molecule has 22 heavy (non-hydrogen) atoms. The van der Waals surface area contributed by atoms with Crippen LogP contribution in [0.1, 0.15) is 57.8 Å². The summed E-state index contributed by atoms with van der Waals surface area (Å²) in [6.45, 7) is 6.87. The number of hydrogen-bond donors (Lipinski definition) is 1. The highest BCUT2D eigenvalue weighted by atomic mass is 16.2. The van der Waals surface area contributed by atoms with Gasteiger partial charge < -0.3 is 5.32 Å². The predicted octanol–water partition coefficient (Wildman–Crippen LogP) is 1.89. The second-order valence-electron chi connectivity index (χ2n) is 6.68. The van der Waals surface area contributed by atoms with Crippen molar-refractivity contribution in [2.24, 2.45) is 13.0 Å². The van der Waals surface area contributed by atoms with E-state index in [1.165, 1.54) is 25.7 Å². The molecule has 124 valence electrons. The first-order chi connectivity index (χ1) is 10.6. The second kappa shape index (κ2) is 8.27. The van der Waals surface area contributed by atoms with Crippen molar-refractivity contribution in [2.45, 2.75) is 52.0 Å². The lowest BCUT2D eigenvalue weighted by molar-refractivity contribution is -0.123. The standard InChI is InChI=1S/C16H29N5O/c1-13(2)10-14(16-17-12-18-20(16)3)19-15(22)11-21-8-6-4-5-7-9-21/h12-14H,4-11H2,1-3H3,(H,19,22). The number of nitrogens with zero attached hydrogens (tertiary/aromatic N) is 4. The van der Waals surface area contributed by atoms with Gasteiger partial charge in [-0.05, 0) is 38.3 Å². The van der Waals surface area contributed by atoms with E-state index in [4.69, 9.17) is 0 Å². The van der Waals surface area contributed by atoms with Crippen LogP contribution in [-0.4, -0.2) is 45.2 Å². The number of aromatic nitrogens is 3. The Balaban J connectivity index is 1.94. The van der Waals surface area contributed by atoms with Gasteiger partial charge >= 0.3 is 0 Å². The highest BCUT2D eigenvalue weighted by Gasteiger charge is 2.21. The number of carbonyl (C=O) groups excluding carboxylic acids is 1. The number of amides is 1. The summed E-state index contributed by atoms with van der Waals surface area (Å²) in [5.41, 5.74) is 0. The first kappa shape index (κ1) is 16.9. The number of rotatable bonds is 6. The fourth-order valence-corrected chi connectivity index (χ4v) is 3.06. The third-order valence-electron chi connectivity index (χ3n) is 4.17. The Morgan fingerprint density at radius 1 is 1.27 bits per heavy atom. The van der Waals surface area contributed by atoms with Crippen molar-refractivity contribution in [1.29, 1.82) is 0 Å².